The van der Waals surface area contributed by atoms with E-state index in [1.165, 1.54) is 0 Å². The Labute approximate surface area is 98.1 Å². The predicted molar refractivity (Wildman–Crippen MR) is 63.2 cm³/mol. The summed E-state index contributed by atoms with van der Waals surface area (Å²) in [5.74, 6) is 0. The van der Waals surface area contributed by atoms with Gasteiger partial charge in [-0.3, -0.25) is 0 Å². The molecule has 0 N–H and O–H groups in total. The molecule has 0 aromatic carbocycles. The van der Waals surface area contributed by atoms with Crippen molar-refractivity contribution in [2.75, 3.05) is 0 Å². The summed E-state index contributed by atoms with van der Waals surface area (Å²) >= 11 is 4.72. The lowest BCUT2D eigenvalue weighted by molar-refractivity contribution is 1.31. The molecule has 0 fully saturated rings. The lowest BCUT2D eigenvalue weighted by Crippen LogP contribution is -1.77. The van der Waals surface area contributed by atoms with E-state index in [-0.39, 0.29) is 0 Å². The normalized spacial score (nSPS) is 10.7. The van der Waals surface area contributed by atoms with E-state index in [9.17, 15) is 0 Å². The molecule has 0 atom stereocenters. The largest absolute Gasteiger partial charge is 0.242 e. The van der Waals surface area contributed by atoms with Gasteiger partial charge in [0.2, 0.25) is 0 Å². The van der Waals surface area contributed by atoms with Crippen LogP contribution in [0.2, 0.25) is 0 Å². The van der Waals surface area contributed by atoms with E-state index in [2.05, 4.69) is 21.1 Å². The minimum atomic E-state index is 0.910. The zero-order valence-corrected chi connectivity index (χ0v) is 9.83. The van der Waals surface area contributed by atoms with Crippen LogP contribution in [0.25, 0.3) is 21.4 Å². The van der Waals surface area contributed by atoms with Gasteiger partial charge in [0.05, 0.1) is 5.51 Å². The Kier molecular flexibility index (Phi) is 2.32. The lowest BCUT2D eigenvalue weighted by Gasteiger charge is -1.86. The van der Waals surface area contributed by atoms with Crippen molar-refractivity contribution >= 4 is 34.0 Å². The lowest BCUT2D eigenvalue weighted by atomic mass is 10.5. The topological polar surface area (TPSA) is 38.7 Å². The average molecular weight is 250 g/mol. The fourth-order valence-corrected chi connectivity index (χ4v) is 3.12. The van der Waals surface area contributed by atoms with Gasteiger partial charge < -0.3 is 0 Å². The molecule has 73 valence electrons. The van der Waals surface area contributed by atoms with Crippen LogP contribution in [0.1, 0.15) is 0 Å². The number of rotatable bonds is 2. The first-order valence-corrected chi connectivity index (χ1v) is 6.80. The SMILES string of the molecule is [c]1csc(-c2csc(-c3cscn3)n2)n1. The monoisotopic (exact) mass is 250 g/mol. The van der Waals surface area contributed by atoms with Crippen LogP contribution in [-0.4, -0.2) is 15.0 Å². The first-order chi connectivity index (χ1) is 7.43. The second kappa shape index (κ2) is 3.80. The van der Waals surface area contributed by atoms with Crippen LogP contribution in [-0.2, 0) is 0 Å². The minimum Gasteiger partial charge on any atom is -0.242 e. The van der Waals surface area contributed by atoms with Crippen molar-refractivity contribution in [3.63, 3.8) is 0 Å². The van der Waals surface area contributed by atoms with Crippen LogP contribution in [0, 0.1) is 6.20 Å². The standard InChI is InChI=1S/C9H4N3S3/c1-2-14-8(10-1)7-4-15-9(12-7)6-3-13-5-11-6/h2-5H. The molecule has 3 heterocycles. The number of aromatic nitrogens is 3. The van der Waals surface area contributed by atoms with Crippen LogP contribution in [0.4, 0.5) is 0 Å². The number of hydrogen-bond donors (Lipinski definition) is 0. The van der Waals surface area contributed by atoms with Crippen LogP contribution in [0.3, 0.4) is 0 Å². The summed E-state index contributed by atoms with van der Waals surface area (Å²) in [4.78, 5) is 12.8. The number of thiazole rings is 3. The van der Waals surface area contributed by atoms with Crippen molar-refractivity contribution in [3.05, 3.63) is 27.8 Å². The number of hydrogen-bond acceptors (Lipinski definition) is 6. The Morgan fingerprint density at radius 2 is 2.07 bits per heavy atom. The molecular formula is C9H4N3S3. The Morgan fingerprint density at radius 3 is 2.80 bits per heavy atom. The van der Waals surface area contributed by atoms with Gasteiger partial charge in [0.25, 0.3) is 0 Å². The summed E-state index contributed by atoms with van der Waals surface area (Å²) in [5.41, 5.74) is 3.67. The highest BCUT2D eigenvalue weighted by molar-refractivity contribution is 7.15. The first-order valence-electron chi connectivity index (χ1n) is 4.09. The predicted octanol–water partition coefficient (Wildman–Crippen LogP) is 3.19. The highest BCUT2D eigenvalue weighted by atomic mass is 32.1. The summed E-state index contributed by atoms with van der Waals surface area (Å²) in [6, 6.07) is 0. The third-order valence-electron chi connectivity index (χ3n) is 1.76. The van der Waals surface area contributed by atoms with E-state index >= 15 is 0 Å². The van der Waals surface area contributed by atoms with E-state index in [1.54, 1.807) is 34.0 Å². The molecule has 0 saturated carbocycles. The maximum atomic E-state index is 4.49. The molecule has 0 saturated heterocycles. The van der Waals surface area contributed by atoms with Gasteiger partial charge in [0.15, 0.2) is 0 Å². The molecule has 0 spiro atoms. The summed E-state index contributed by atoms with van der Waals surface area (Å²) in [5, 5.41) is 7.68. The Hall–Kier alpha value is -1.11. The smallest absolute Gasteiger partial charge is 0.143 e. The van der Waals surface area contributed by atoms with Gasteiger partial charge in [-0.15, -0.1) is 34.0 Å². The molecule has 0 aliphatic heterocycles. The molecule has 0 amide bonds. The molecular weight excluding hydrogens is 246 g/mol. The highest BCUT2D eigenvalue weighted by Gasteiger charge is 2.09. The Bertz CT molecular complexity index is 490. The van der Waals surface area contributed by atoms with Gasteiger partial charge in [-0.2, -0.15) is 0 Å². The fourth-order valence-electron chi connectivity index (χ4n) is 1.12. The third kappa shape index (κ3) is 1.71. The summed E-state index contributed by atoms with van der Waals surface area (Å²) < 4.78 is 0. The Balaban J connectivity index is 2.02. The van der Waals surface area contributed by atoms with E-state index < -0.39 is 0 Å². The highest BCUT2D eigenvalue weighted by Crippen LogP contribution is 2.29. The van der Waals surface area contributed by atoms with Crippen molar-refractivity contribution in [2.45, 2.75) is 0 Å². The van der Waals surface area contributed by atoms with Crippen molar-refractivity contribution < 1.29 is 0 Å². The first kappa shape index (κ1) is 9.14. The maximum Gasteiger partial charge on any atom is 0.143 e. The molecule has 0 aliphatic rings. The van der Waals surface area contributed by atoms with Gasteiger partial charge in [-0.1, -0.05) is 0 Å². The molecule has 0 unspecified atom stereocenters. The van der Waals surface area contributed by atoms with E-state index in [4.69, 9.17) is 0 Å². The molecule has 15 heavy (non-hydrogen) atoms. The van der Waals surface area contributed by atoms with Gasteiger partial charge in [0.1, 0.15) is 27.6 Å². The zero-order chi connectivity index (χ0) is 10.1. The average Bonchev–Trinajstić information content (AvgIpc) is 3.02. The summed E-state index contributed by atoms with van der Waals surface area (Å²) in [6.07, 6.45) is 2.79. The van der Waals surface area contributed by atoms with Crippen molar-refractivity contribution in [1.29, 1.82) is 0 Å². The van der Waals surface area contributed by atoms with Crippen LogP contribution >= 0.6 is 34.0 Å². The molecule has 3 rings (SSSR count). The van der Waals surface area contributed by atoms with Crippen molar-refractivity contribution in [2.24, 2.45) is 0 Å². The molecule has 0 bridgehead atoms. The van der Waals surface area contributed by atoms with Crippen LogP contribution < -0.4 is 0 Å². The number of nitrogens with zero attached hydrogens (tertiary/aromatic N) is 3. The molecule has 0 aliphatic carbocycles. The fraction of sp³-hybridized carbons (Fsp3) is 0. The Morgan fingerprint density at radius 1 is 1.07 bits per heavy atom. The molecule has 3 aromatic rings. The quantitative estimate of drug-likeness (QED) is 0.701. The molecule has 6 heteroatoms. The molecule has 3 nitrogen and oxygen atoms in total. The molecule has 1 radical (unpaired) electrons. The van der Waals surface area contributed by atoms with Crippen molar-refractivity contribution in [1.82, 2.24) is 15.0 Å². The van der Waals surface area contributed by atoms with E-state index in [0.29, 0.717) is 0 Å². The van der Waals surface area contributed by atoms with Crippen molar-refractivity contribution in [3.8, 4) is 21.4 Å². The van der Waals surface area contributed by atoms with E-state index in [1.807, 2.05) is 21.7 Å². The second-order valence-corrected chi connectivity index (χ2v) is 5.13. The third-order valence-corrected chi connectivity index (χ3v) is 3.96. The van der Waals surface area contributed by atoms with E-state index in [0.717, 1.165) is 21.4 Å². The summed E-state index contributed by atoms with van der Waals surface area (Å²) in [6.45, 7) is 0. The maximum absolute atomic E-state index is 4.49. The molecule has 3 aromatic heterocycles. The van der Waals surface area contributed by atoms with Gasteiger partial charge in [0, 0.05) is 16.1 Å². The minimum absolute atomic E-state index is 0.910. The van der Waals surface area contributed by atoms with Crippen LogP contribution in [0.5, 0.6) is 0 Å². The van der Waals surface area contributed by atoms with Gasteiger partial charge >= 0.3 is 0 Å². The summed E-state index contributed by atoms with van der Waals surface area (Å²) in [7, 11) is 0. The second-order valence-electron chi connectivity index (χ2n) is 2.69. The van der Waals surface area contributed by atoms with Gasteiger partial charge in [-0.25, -0.2) is 15.0 Å². The van der Waals surface area contributed by atoms with Crippen LogP contribution in [0.15, 0.2) is 21.7 Å². The zero-order valence-electron chi connectivity index (χ0n) is 7.38. The van der Waals surface area contributed by atoms with Gasteiger partial charge in [-0.05, 0) is 0 Å².